The molecule has 1 aromatic carbocycles. The van der Waals surface area contributed by atoms with Gasteiger partial charge in [-0.15, -0.1) is 0 Å². The van der Waals surface area contributed by atoms with Crippen LogP contribution >= 0.6 is 11.6 Å². The number of hydrogen-bond acceptors (Lipinski definition) is 5. The van der Waals surface area contributed by atoms with Crippen LogP contribution in [0.2, 0.25) is 5.15 Å². The number of nitrogens with zero attached hydrogens (tertiary/aromatic N) is 4. The first kappa shape index (κ1) is 20.1. The molecular formula is C22H17ClN4O2. The number of halogens is 1. The lowest BCUT2D eigenvalue weighted by molar-refractivity contribution is 0.0526. The van der Waals surface area contributed by atoms with Crippen molar-refractivity contribution < 1.29 is 9.53 Å². The van der Waals surface area contributed by atoms with E-state index in [2.05, 4.69) is 17.1 Å². The molecule has 0 amide bonds. The van der Waals surface area contributed by atoms with Crippen molar-refractivity contribution in [2.45, 2.75) is 20.4 Å². The Bertz CT molecular complexity index is 1150. The van der Waals surface area contributed by atoms with Crippen molar-refractivity contribution in [1.29, 1.82) is 10.5 Å². The van der Waals surface area contributed by atoms with Crippen LogP contribution in [0.4, 0.5) is 0 Å². The van der Waals surface area contributed by atoms with E-state index in [4.69, 9.17) is 21.6 Å². The van der Waals surface area contributed by atoms with Gasteiger partial charge >= 0.3 is 5.97 Å². The van der Waals surface area contributed by atoms with Gasteiger partial charge in [0.2, 0.25) is 0 Å². The molecule has 7 heteroatoms. The molecule has 29 heavy (non-hydrogen) atoms. The second-order valence-electron chi connectivity index (χ2n) is 6.33. The molecular weight excluding hydrogens is 388 g/mol. The zero-order valence-electron chi connectivity index (χ0n) is 15.9. The van der Waals surface area contributed by atoms with E-state index in [1.165, 1.54) is 0 Å². The first-order valence-electron chi connectivity index (χ1n) is 8.90. The van der Waals surface area contributed by atoms with Gasteiger partial charge in [-0.25, -0.2) is 9.78 Å². The number of esters is 1. The number of rotatable bonds is 5. The number of nitriles is 2. The van der Waals surface area contributed by atoms with Crippen LogP contribution in [-0.4, -0.2) is 22.1 Å². The maximum atomic E-state index is 12.1. The van der Waals surface area contributed by atoms with Crippen LogP contribution in [0.1, 0.15) is 39.7 Å². The van der Waals surface area contributed by atoms with Crippen molar-refractivity contribution in [2.75, 3.05) is 6.61 Å². The predicted octanol–water partition coefficient (Wildman–Crippen LogP) is 4.48. The zero-order chi connectivity index (χ0) is 21.0. The summed E-state index contributed by atoms with van der Waals surface area (Å²) in [5, 5.41) is 18.7. The Morgan fingerprint density at radius 1 is 1.24 bits per heavy atom. The highest BCUT2D eigenvalue weighted by Crippen LogP contribution is 2.30. The lowest BCUT2D eigenvalue weighted by Crippen LogP contribution is -2.08. The topological polar surface area (TPSA) is 91.7 Å². The fourth-order valence-corrected chi connectivity index (χ4v) is 3.29. The van der Waals surface area contributed by atoms with Gasteiger partial charge in [0.05, 0.1) is 29.4 Å². The van der Waals surface area contributed by atoms with E-state index in [0.717, 1.165) is 22.4 Å². The number of ether oxygens (including phenoxy) is 1. The number of hydrogen-bond donors (Lipinski definition) is 0. The first-order chi connectivity index (χ1) is 14.0. The fraction of sp³-hybridized carbons (Fsp3) is 0.182. The van der Waals surface area contributed by atoms with Gasteiger partial charge in [0.25, 0.3) is 0 Å². The van der Waals surface area contributed by atoms with Gasteiger partial charge in [0.1, 0.15) is 11.2 Å². The number of carbonyl (C=O) groups excluding carboxylic acids is 1. The zero-order valence-corrected chi connectivity index (χ0v) is 16.7. The Morgan fingerprint density at radius 2 is 1.97 bits per heavy atom. The Morgan fingerprint density at radius 3 is 2.59 bits per heavy atom. The average molecular weight is 405 g/mol. The van der Waals surface area contributed by atoms with E-state index in [9.17, 15) is 10.1 Å². The summed E-state index contributed by atoms with van der Waals surface area (Å²) in [7, 11) is 0. The number of pyridine rings is 1. The number of aromatic nitrogens is 2. The molecule has 0 bridgehead atoms. The van der Waals surface area contributed by atoms with Crippen LogP contribution in [0, 0.1) is 29.6 Å². The minimum absolute atomic E-state index is 0.0902. The van der Waals surface area contributed by atoms with Crippen molar-refractivity contribution in [3.8, 4) is 23.3 Å². The van der Waals surface area contributed by atoms with Crippen LogP contribution in [0.5, 0.6) is 0 Å². The lowest BCUT2D eigenvalue weighted by atomic mass is 10.0. The average Bonchev–Trinajstić information content (AvgIpc) is 3.05. The van der Waals surface area contributed by atoms with Crippen LogP contribution in [0.3, 0.4) is 0 Å². The molecule has 6 nitrogen and oxygen atoms in total. The molecule has 0 radical (unpaired) electrons. The standard InChI is InChI=1S/C22H17ClN4O2/c1-3-29-22(28)19-8-16(11-26-21(19)23)12-27-13-18(10-25)20(14(27)2)17-6-4-15(9-24)5-7-17/h4-8,11,13H,3,12H2,1-2H3. The van der Waals surface area contributed by atoms with E-state index in [-0.39, 0.29) is 17.3 Å². The van der Waals surface area contributed by atoms with Gasteiger partial charge in [-0.3, -0.25) is 0 Å². The van der Waals surface area contributed by atoms with Crippen LogP contribution < -0.4 is 0 Å². The molecule has 0 aliphatic heterocycles. The third-order valence-corrected chi connectivity index (χ3v) is 4.82. The van der Waals surface area contributed by atoms with Crippen LogP contribution in [0.25, 0.3) is 11.1 Å². The Balaban J connectivity index is 1.98. The summed E-state index contributed by atoms with van der Waals surface area (Å²) in [6.07, 6.45) is 3.36. The summed E-state index contributed by atoms with van der Waals surface area (Å²) in [5.74, 6) is -0.521. The number of benzene rings is 1. The maximum absolute atomic E-state index is 12.1. The van der Waals surface area contributed by atoms with Gasteiger partial charge in [0, 0.05) is 30.2 Å². The number of carbonyl (C=O) groups is 1. The minimum Gasteiger partial charge on any atom is -0.462 e. The van der Waals surface area contributed by atoms with E-state index in [1.54, 1.807) is 37.5 Å². The van der Waals surface area contributed by atoms with E-state index in [1.807, 2.05) is 23.6 Å². The summed E-state index contributed by atoms with van der Waals surface area (Å²) >= 11 is 6.03. The van der Waals surface area contributed by atoms with Gasteiger partial charge in [-0.05, 0) is 43.2 Å². The Kier molecular flexibility index (Phi) is 5.97. The molecule has 0 saturated heterocycles. The molecule has 3 rings (SSSR count). The quantitative estimate of drug-likeness (QED) is 0.461. The molecule has 0 aliphatic carbocycles. The monoisotopic (exact) mass is 404 g/mol. The second-order valence-corrected chi connectivity index (χ2v) is 6.69. The minimum atomic E-state index is -0.521. The molecule has 0 spiro atoms. The highest BCUT2D eigenvalue weighted by Gasteiger charge is 2.17. The summed E-state index contributed by atoms with van der Waals surface area (Å²) in [6, 6.07) is 13.1. The molecule has 2 aromatic heterocycles. The highest BCUT2D eigenvalue weighted by molar-refractivity contribution is 6.32. The summed E-state index contributed by atoms with van der Waals surface area (Å²) in [5.41, 5.74) is 4.61. The van der Waals surface area contributed by atoms with Crippen LogP contribution in [-0.2, 0) is 11.3 Å². The van der Waals surface area contributed by atoms with Crippen molar-refractivity contribution >= 4 is 17.6 Å². The summed E-state index contributed by atoms with van der Waals surface area (Å²) < 4.78 is 6.94. The van der Waals surface area contributed by atoms with E-state index >= 15 is 0 Å². The summed E-state index contributed by atoms with van der Waals surface area (Å²) in [6.45, 7) is 4.30. The molecule has 144 valence electrons. The third kappa shape index (κ3) is 4.13. The predicted molar refractivity (Wildman–Crippen MR) is 108 cm³/mol. The molecule has 0 atom stereocenters. The molecule has 0 aliphatic rings. The van der Waals surface area contributed by atoms with E-state index < -0.39 is 5.97 Å². The normalized spacial score (nSPS) is 10.2. The Labute approximate surface area is 173 Å². The lowest BCUT2D eigenvalue weighted by Gasteiger charge is -2.10. The highest BCUT2D eigenvalue weighted by atomic mass is 35.5. The smallest absolute Gasteiger partial charge is 0.341 e. The van der Waals surface area contributed by atoms with Gasteiger partial charge in [-0.2, -0.15) is 10.5 Å². The fourth-order valence-electron chi connectivity index (χ4n) is 3.11. The third-order valence-electron chi connectivity index (χ3n) is 4.51. The maximum Gasteiger partial charge on any atom is 0.341 e. The molecule has 0 saturated carbocycles. The van der Waals surface area contributed by atoms with Crippen molar-refractivity contribution in [2.24, 2.45) is 0 Å². The first-order valence-corrected chi connectivity index (χ1v) is 9.28. The SMILES string of the molecule is CCOC(=O)c1cc(Cn2cc(C#N)c(-c3ccc(C#N)cc3)c2C)cnc1Cl. The molecule has 3 aromatic rings. The Hall–Kier alpha value is -3.61. The van der Waals surface area contributed by atoms with E-state index in [0.29, 0.717) is 17.7 Å². The largest absolute Gasteiger partial charge is 0.462 e. The molecule has 0 N–H and O–H groups in total. The van der Waals surface area contributed by atoms with Crippen molar-refractivity contribution in [3.05, 3.63) is 75.8 Å². The van der Waals surface area contributed by atoms with Gasteiger partial charge < -0.3 is 9.30 Å². The van der Waals surface area contributed by atoms with Gasteiger partial charge in [-0.1, -0.05) is 23.7 Å². The van der Waals surface area contributed by atoms with Crippen molar-refractivity contribution in [1.82, 2.24) is 9.55 Å². The van der Waals surface area contributed by atoms with Gasteiger partial charge in [0.15, 0.2) is 0 Å². The molecule has 0 unspecified atom stereocenters. The summed E-state index contributed by atoms with van der Waals surface area (Å²) in [4.78, 5) is 16.2. The van der Waals surface area contributed by atoms with Crippen LogP contribution in [0.15, 0.2) is 42.7 Å². The molecule has 2 heterocycles. The molecule has 0 fully saturated rings. The second kappa shape index (κ2) is 8.60. The van der Waals surface area contributed by atoms with Crippen molar-refractivity contribution in [3.63, 3.8) is 0 Å².